The summed E-state index contributed by atoms with van der Waals surface area (Å²) in [5, 5.41) is 0. The monoisotopic (exact) mass is 295 g/mol. The second-order valence-electron chi connectivity index (χ2n) is 2.35. The zero-order chi connectivity index (χ0) is 6.69. The quantitative estimate of drug-likeness (QED) is 0.735. The summed E-state index contributed by atoms with van der Waals surface area (Å²) in [5.41, 5.74) is 0. The SMILES string of the molecule is C[CH](C)[Re][CH]1C=CC=C1. The maximum absolute atomic E-state index is 2.33. The van der Waals surface area contributed by atoms with Gasteiger partial charge in [0.05, 0.1) is 0 Å². The van der Waals surface area contributed by atoms with Crippen molar-refractivity contribution < 1.29 is 18.0 Å². The molecule has 0 heterocycles. The van der Waals surface area contributed by atoms with Gasteiger partial charge in [-0.25, -0.2) is 0 Å². The van der Waals surface area contributed by atoms with Gasteiger partial charge in [-0.1, -0.05) is 0 Å². The first-order valence-corrected chi connectivity index (χ1v) is 6.39. The van der Waals surface area contributed by atoms with Crippen molar-refractivity contribution in [3.63, 3.8) is 0 Å². The van der Waals surface area contributed by atoms with Crippen LogP contribution in [0, 0.1) is 0 Å². The molecule has 1 aliphatic carbocycles. The van der Waals surface area contributed by atoms with E-state index in [-0.39, 0.29) is 18.0 Å². The summed E-state index contributed by atoms with van der Waals surface area (Å²) in [5.74, 6) is 0. The van der Waals surface area contributed by atoms with E-state index in [4.69, 9.17) is 0 Å². The molecule has 0 saturated heterocycles. The summed E-state index contributed by atoms with van der Waals surface area (Å²) in [6.07, 6.45) is 9.00. The summed E-state index contributed by atoms with van der Waals surface area (Å²) in [6, 6.07) is 0. The Bertz CT molecular complexity index is 122. The molecule has 0 unspecified atom stereocenters. The Morgan fingerprint density at radius 1 is 1.22 bits per heavy atom. The van der Waals surface area contributed by atoms with Crippen molar-refractivity contribution in [1.29, 1.82) is 0 Å². The Labute approximate surface area is 65.2 Å². The van der Waals surface area contributed by atoms with Crippen LogP contribution in [0.15, 0.2) is 24.3 Å². The zero-order valence-corrected chi connectivity index (χ0v) is 8.56. The molecule has 0 radical (unpaired) electrons. The molecule has 0 aromatic carbocycles. The second kappa shape index (κ2) is 3.35. The molecule has 1 aliphatic rings. The normalized spacial score (nSPS) is 18.1. The molecule has 0 saturated carbocycles. The minimum atomic E-state index is 0.0340. The molecule has 0 atom stereocenters. The van der Waals surface area contributed by atoms with Gasteiger partial charge in [-0.05, 0) is 0 Å². The van der Waals surface area contributed by atoms with Crippen LogP contribution in [-0.4, -0.2) is 0 Å². The second-order valence-corrected chi connectivity index (χ2v) is 8.21. The van der Waals surface area contributed by atoms with E-state index >= 15 is 0 Å². The average molecular weight is 294 g/mol. The van der Waals surface area contributed by atoms with Crippen molar-refractivity contribution in [2.24, 2.45) is 0 Å². The third-order valence-electron chi connectivity index (χ3n) is 1.10. The number of hydrogen-bond donors (Lipinski definition) is 0. The van der Waals surface area contributed by atoms with E-state index < -0.39 is 0 Å². The van der Waals surface area contributed by atoms with E-state index in [1.807, 2.05) is 0 Å². The van der Waals surface area contributed by atoms with Gasteiger partial charge >= 0.3 is 64.9 Å². The minimum absolute atomic E-state index is 0.0340. The first-order chi connectivity index (χ1) is 4.29. The number of rotatable bonds is 2. The van der Waals surface area contributed by atoms with E-state index in [2.05, 4.69) is 38.2 Å². The van der Waals surface area contributed by atoms with Gasteiger partial charge in [0.2, 0.25) is 0 Å². The Morgan fingerprint density at radius 2 is 1.78 bits per heavy atom. The molecule has 0 N–H and O–H groups in total. The third-order valence-corrected chi connectivity index (χ3v) is 5.00. The van der Waals surface area contributed by atoms with Gasteiger partial charge in [0.15, 0.2) is 0 Å². The fraction of sp³-hybridized carbons (Fsp3) is 0.500. The van der Waals surface area contributed by atoms with Crippen molar-refractivity contribution in [2.45, 2.75) is 22.6 Å². The predicted molar refractivity (Wildman–Crippen MR) is 37.1 cm³/mol. The molecule has 0 aliphatic heterocycles. The van der Waals surface area contributed by atoms with E-state index in [1.54, 1.807) is 0 Å². The molecular formula is C8H12Re. The summed E-state index contributed by atoms with van der Waals surface area (Å²) in [4.78, 5) is 0. The van der Waals surface area contributed by atoms with Crippen LogP contribution < -0.4 is 0 Å². The van der Waals surface area contributed by atoms with Gasteiger partial charge in [-0.2, -0.15) is 0 Å². The molecule has 0 bridgehead atoms. The Morgan fingerprint density at radius 3 is 2.22 bits per heavy atom. The van der Waals surface area contributed by atoms with Gasteiger partial charge in [0.25, 0.3) is 0 Å². The van der Waals surface area contributed by atoms with Gasteiger partial charge in [0.1, 0.15) is 0 Å². The first-order valence-electron chi connectivity index (χ1n) is 3.26. The molecular weight excluding hydrogens is 282 g/mol. The van der Waals surface area contributed by atoms with Crippen molar-refractivity contribution in [2.75, 3.05) is 0 Å². The molecule has 51 valence electrons. The Hall–Kier alpha value is 0.142. The van der Waals surface area contributed by atoms with Crippen LogP contribution in [0.2, 0.25) is 8.78 Å². The molecule has 1 rings (SSSR count). The average Bonchev–Trinajstić information content (AvgIpc) is 2.15. The molecule has 1 heteroatoms. The molecule has 0 aromatic heterocycles. The number of allylic oxidation sites excluding steroid dienone is 4. The van der Waals surface area contributed by atoms with Crippen molar-refractivity contribution in [3.05, 3.63) is 24.3 Å². The van der Waals surface area contributed by atoms with Gasteiger partial charge < -0.3 is 0 Å². The van der Waals surface area contributed by atoms with Crippen LogP contribution >= 0.6 is 0 Å². The van der Waals surface area contributed by atoms with Crippen molar-refractivity contribution in [1.82, 2.24) is 0 Å². The third kappa shape index (κ3) is 2.47. The fourth-order valence-corrected chi connectivity index (χ4v) is 4.08. The van der Waals surface area contributed by atoms with E-state index in [0.29, 0.717) is 0 Å². The van der Waals surface area contributed by atoms with Gasteiger partial charge in [-0.3, -0.25) is 0 Å². The van der Waals surface area contributed by atoms with E-state index in [9.17, 15) is 0 Å². The van der Waals surface area contributed by atoms with Crippen molar-refractivity contribution >= 4 is 0 Å². The zero-order valence-electron chi connectivity index (χ0n) is 5.84. The topological polar surface area (TPSA) is 0 Å². The van der Waals surface area contributed by atoms with E-state index in [0.717, 1.165) is 8.78 Å². The molecule has 0 aromatic rings. The standard InChI is InChI=1S/C5H5.C3H7.Re/c1-2-4-5-3-1;1-3-2;/h1-5H;3H,1-2H3;. The maximum atomic E-state index is 2.33. The summed E-state index contributed by atoms with van der Waals surface area (Å²) in [6.45, 7) is 4.66. The predicted octanol–water partition coefficient (Wildman–Crippen LogP) is 2.81. The Kier molecular flexibility index (Phi) is 2.70. The molecule has 0 spiro atoms. The van der Waals surface area contributed by atoms with Crippen LogP contribution in [0.4, 0.5) is 0 Å². The van der Waals surface area contributed by atoms with Gasteiger partial charge in [0, 0.05) is 0 Å². The van der Waals surface area contributed by atoms with Crippen LogP contribution in [0.1, 0.15) is 13.8 Å². The van der Waals surface area contributed by atoms with Crippen molar-refractivity contribution in [3.8, 4) is 0 Å². The molecule has 0 fully saturated rings. The summed E-state index contributed by atoms with van der Waals surface area (Å²) in [7, 11) is 0. The van der Waals surface area contributed by atoms with Crippen LogP contribution in [0.5, 0.6) is 0 Å². The van der Waals surface area contributed by atoms with E-state index in [1.165, 1.54) is 0 Å². The number of hydrogen-bond acceptors (Lipinski definition) is 0. The molecule has 0 amide bonds. The fourth-order valence-electron chi connectivity index (χ4n) is 0.780. The summed E-state index contributed by atoms with van der Waals surface area (Å²) < 4.78 is 1.85. The molecule has 0 nitrogen and oxygen atoms in total. The van der Waals surface area contributed by atoms with Gasteiger partial charge in [-0.15, -0.1) is 0 Å². The van der Waals surface area contributed by atoms with Crippen LogP contribution in [0.3, 0.4) is 0 Å². The Balaban J connectivity index is 2.29. The van der Waals surface area contributed by atoms with Crippen LogP contribution in [-0.2, 0) is 18.0 Å². The summed E-state index contributed by atoms with van der Waals surface area (Å²) >= 11 is 0.0340. The first kappa shape index (κ1) is 7.25. The molecule has 9 heavy (non-hydrogen) atoms. The van der Waals surface area contributed by atoms with Crippen LogP contribution in [0.25, 0.3) is 0 Å².